The van der Waals surface area contributed by atoms with Crippen molar-refractivity contribution in [3.63, 3.8) is 0 Å². The minimum absolute atomic E-state index is 0.0598. The summed E-state index contributed by atoms with van der Waals surface area (Å²) in [4.78, 5) is 21.2. The summed E-state index contributed by atoms with van der Waals surface area (Å²) in [6, 6.07) is 1.32. The number of carbonyl (C=O) groups excluding carboxylic acids is 1. The van der Waals surface area contributed by atoms with Crippen LogP contribution >= 0.6 is 0 Å². The summed E-state index contributed by atoms with van der Waals surface area (Å²) in [5, 5.41) is 0. The van der Waals surface area contributed by atoms with E-state index in [0.717, 1.165) is 6.92 Å². The number of aromatic nitrogens is 2. The predicted octanol–water partition coefficient (Wildman–Crippen LogP) is 3.20. The molecule has 0 unspecified atom stereocenters. The molecule has 8 heteroatoms. The van der Waals surface area contributed by atoms with E-state index >= 15 is 0 Å². The van der Waals surface area contributed by atoms with Gasteiger partial charge in [-0.2, -0.15) is 13.2 Å². The number of carbonyl (C=O) groups is 1. The average Bonchev–Trinajstić information content (AvgIpc) is 2.80. The lowest BCUT2D eigenvalue weighted by Crippen LogP contribution is -2.38. The third-order valence-electron chi connectivity index (χ3n) is 3.66. The Morgan fingerprint density at radius 1 is 1.41 bits per heavy atom. The molecule has 0 aromatic carbocycles. The van der Waals surface area contributed by atoms with E-state index in [1.807, 2.05) is 13.8 Å². The van der Waals surface area contributed by atoms with Crippen molar-refractivity contribution in [3.8, 4) is 0 Å². The summed E-state index contributed by atoms with van der Waals surface area (Å²) >= 11 is 0. The van der Waals surface area contributed by atoms with Gasteiger partial charge in [-0.1, -0.05) is 20.8 Å². The van der Waals surface area contributed by atoms with Gasteiger partial charge in [0.2, 0.25) is 0 Å². The number of cyclic esters (lactones) is 1. The normalized spacial score (nSPS) is 20.4. The van der Waals surface area contributed by atoms with Crippen LogP contribution in [0, 0.1) is 11.8 Å². The zero-order chi connectivity index (χ0) is 16.5. The SMILES string of the molecule is CC(C)[C@H]1COC(=O)N1c1ccnc(C[C@@H](C)C(F)(F)F)n1. The summed E-state index contributed by atoms with van der Waals surface area (Å²) in [6.45, 7) is 5.20. The van der Waals surface area contributed by atoms with Crippen molar-refractivity contribution in [2.45, 2.75) is 39.4 Å². The number of alkyl halides is 3. The topological polar surface area (TPSA) is 55.3 Å². The molecule has 5 nitrogen and oxygen atoms in total. The van der Waals surface area contributed by atoms with Crippen LogP contribution in [0.15, 0.2) is 12.3 Å². The van der Waals surface area contributed by atoms with Crippen LogP contribution in [0.25, 0.3) is 0 Å². The minimum atomic E-state index is -4.30. The molecular weight excluding hydrogens is 299 g/mol. The zero-order valence-corrected chi connectivity index (χ0v) is 12.6. The lowest BCUT2D eigenvalue weighted by Gasteiger charge is -2.23. The number of nitrogens with zero attached hydrogens (tertiary/aromatic N) is 3. The fraction of sp³-hybridized carbons (Fsp3) is 0.643. The van der Waals surface area contributed by atoms with Crippen LogP contribution in [0.3, 0.4) is 0 Å². The van der Waals surface area contributed by atoms with Gasteiger partial charge in [-0.05, 0) is 12.0 Å². The van der Waals surface area contributed by atoms with Gasteiger partial charge in [-0.15, -0.1) is 0 Å². The first-order valence-corrected chi connectivity index (χ1v) is 7.04. The number of hydrogen-bond donors (Lipinski definition) is 0. The van der Waals surface area contributed by atoms with Crippen LogP contribution in [0.2, 0.25) is 0 Å². The van der Waals surface area contributed by atoms with E-state index in [1.54, 1.807) is 0 Å². The third-order valence-corrected chi connectivity index (χ3v) is 3.66. The Bertz CT molecular complexity index is 548. The van der Waals surface area contributed by atoms with Crippen molar-refractivity contribution in [2.75, 3.05) is 11.5 Å². The molecule has 1 aliphatic rings. The Morgan fingerprint density at radius 3 is 2.68 bits per heavy atom. The maximum atomic E-state index is 12.6. The van der Waals surface area contributed by atoms with Gasteiger partial charge in [0, 0.05) is 12.6 Å². The molecule has 0 N–H and O–H groups in total. The Balaban J connectivity index is 2.22. The third kappa shape index (κ3) is 3.48. The quantitative estimate of drug-likeness (QED) is 0.856. The van der Waals surface area contributed by atoms with Gasteiger partial charge in [0.1, 0.15) is 18.2 Å². The summed E-state index contributed by atoms with van der Waals surface area (Å²) in [5.74, 6) is -1.07. The van der Waals surface area contributed by atoms with Crippen LogP contribution in [-0.2, 0) is 11.2 Å². The van der Waals surface area contributed by atoms with Crippen LogP contribution in [0.5, 0.6) is 0 Å². The van der Waals surface area contributed by atoms with Gasteiger partial charge < -0.3 is 4.74 Å². The molecule has 2 heterocycles. The fourth-order valence-electron chi connectivity index (χ4n) is 2.20. The molecule has 0 aliphatic carbocycles. The number of anilines is 1. The van der Waals surface area contributed by atoms with E-state index in [1.165, 1.54) is 17.2 Å². The molecule has 1 aromatic heterocycles. The van der Waals surface area contributed by atoms with Crippen LogP contribution in [-0.4, -0.2) is 34.9 Å². The van der Waals surface area contributed by atoms with Crippen molar-refractivity contribution in [2.24, 2.45) is 11.8 Å². The first-order chi connectivity index (χ1) is 10.2. The molecule has 22 heavy (non-hydrogen) atoms. The first kappa shape index (κ1) is 16.5. The van der Waals surface area contributed by atoms with Crippen LogP contribution in [0.1, 0.15) is 26.6 Å². The average molecular weight is 317 g/mol. The van der Waals surface area contributed by atoms with Gasteiger partial charge in [0.05, 0.1) is 12.0 Å². The van der Waals surface area contributed by atoms with E-state index in [4.69, 9.17) is 4.74 Å². The summed E-state index contributed by atoms with van der Waals surface area (Å²) < 4.78 is 42.9. The van der Waals surface area contributed by atoms with Gasteiger partial charge in [-0.3, -0.25) is 4.90 Å². The van der Waals surface area contributed by atoms with Crippen molar-refractivity contribution in [1.82, 2.24) is 9.97 Å². The fourth-order valence-corrected chi connectivity index (χ4v) is 2.20. The monoisotopic (exact) mass is 317 g/mol. The highest BCUT2D eigenvalue weighted by molar-refractivity contribution is 5.89. The maximum Gasteiger partial charge on any atom is 0.415 e. The second-order valence-corrected chi connectivity index (χ2v) is 5.74. The second kappa shape index (κ2) is 6.10. The minimum Gasteiger partial charge on any atom is -0.447 e. The van der Waals surface area contributed by atoms with E-state index in [-0.39, 0.29) is 36.6 Å². The number of ether oxygens (including phenoxy) is 1. The van der Waals surface area contributed by atoms with Crippen LogP contribution < -0.4 is 4.90 Å². The zero-order valence-electron chi connectivity index (χ0n) is 12.6. The molecule has 1 aromatic rings. The smallest absolute Gasteiger partial charge is 0.415 e. The number of hydrogen-bond acceptors (Lipinski definition) is 4. The van der Waals surface area contributed by atoms with E-state index in [0.29, 0.717) is 0 Å². The maximum absolute atomic E-state index is 12.6. The molecular formula is C14H18F3N3O2. The lowest BCUT2D eigenvalue weighted by molar-refractivity contribution is -0.169. The Labute approximate surface area is 126 Å². The highest BCUT2D eigenvalue weighted by Gasteiger charge is 2.38. The van der Waals surface area contributed by atoms with E-state index in [9.17, 15) is 18.0 Å². The molecule has 0 radical (unpaired) electrons. The molecule has 1 fully saturated rings. The molecule has 1 saturated heterocycles. The summed E-state index contributed by atoms with van der Waals surface area (Å²) in [7, 11) is 0. The largest absolute Gasteiger partial charge is 0.447 e. The molecule has 1 amide bonds. The van der Waals surface area contributed by atoms with Crippen molar-refractivity contribution >= 4 is 11.9 Å². The van der Waals surface area contributed by atoms with Gasteiger partial charge >= 0.3 is 12.3 Å². The standard InChI is InChI=1S/C14H18F3N3O2/c1-8(2)10-7-22-13(21)20(10)12-4-5-18-11(19-12)6-9(3)14(15,16)17/h4-5,8-10H,6-7H2,1-3H3/t9-,10-/m1/s1. The van der Waals surface area contributed by atoms with E-state index < -0.39 is 18.2 Å². The van der Waals surface area contributed by atoms with E-state index in [2.05, 4.69) is 9.97 Å². The van der Waals surface area contributed by atoms with Gasteiger partial charge in [0.15, 0.2) is 0 Å². The molecule has 0 saturated carbocycles. The van der Waals surface area contributed by atoms with Gasteiger partial charge in [-0.25, -0.2) is 14.8 Å². The molecule has 122 valence electrons. The lowest BCUT2D eigenvalue weighted by atomic mass is 10.0. The highest BCUT2D eigenvalue weighted by Crippen LogP contribution is 2.29. The molecule has 2 rings (SSSR count). The summed E-state index contributed by atoms with van der Waals surface area (Å²) in [5.41, 5.74) is 0. The summed E-state index contributed by atoms with van der Waals surface area (Å²) in [6.07, 6.45) is -3.80. The van der Waals surface area contributed by atoms with Crippen molar-refractivity contribution in [1.29, 1.82) is 0 Å². The Morgan fingerprint density at radius 2 is 2.09 bits per heavy atom. The number of rotatable bonds is 4. The van der Waals surface area contributed by atoms with Gasteiger partial charge in [0.25, 0.3) is 0 Å². The number of halogens is 3. The molecule has 2 atom stereocenters. The number of amides is 1. The van der Waals surface area contributed by atoms with Crippen LogP contribution in [0.4, 0.5) is 23.8 Å². The highest BCUT2D eigenvalue weighted by atomic mass is 19.4. The first-order valence-electron chi connectivity index (χ1n) is 7.04. The molecule has 0 spiro atoms. The second-order valence-electron chi connectivity index (χ2n) is 5.74. The van der Waals surface area contributed by atoms with Crippen molar-refractivity contribution < 1.29 is 22.7 Å². The predicted molar refractivity (Wildman–Crippen MR) is 73.4 cm³/mol. The molecule has 1 aliphatic heterocycles. The van der Waals surface area contributed by atoms with Crippen molar-refractivity contribution in [3.05, 3.63) is 18.1 Å². The molecule has 0 bridgehead atoms. The Hall–Kier alpha value is -1.86. The Kier molecular flexibility index (Phi) is 4.58.